The third kappa shape index (κ3) is 14.3. The fourth-order valence-corrected chi connectivity index (χ4v) is 4.09. The molecule has 3 N–H and O–H groups in total. The van der Waals surface area contributed by atoms with Crippen molar-refractivity contribution < 1.29 is 41.5 Å². The molecule has 0 bridgehead atoms. The van der Waals surface area contributed by atoms with Crippen LogP contribution in [0, 0.1) is 0 Å². The standard InChI is InChI=1S/2C14H22O.C8H16NO.Zr/c2*1-13(2,3)10-8-7-9-11(12(10)15)14(4,5)6;1-6(7(2)10)9-8(3,4)5;/h2*7-9,15H,1-6H3;10H,1-5H3;/q;;-1;/b;;7-6-;. The van der Waals surface area contributed by atoms with Crippen molar-refractivity contribution in [2.45, 2.75) is 145 Å². The van der Waals surface area contributed by atoms with Crippen LogP contribution < -0.4 is 0 Å². The minimum Gasteiger partial charge on any atom is -0.681 e. The van der Waals surface area contributed by atoms with E-state index in [9.17, 15) is 10.2 Å². The van der Waals surface area contributed by atoms with Gasteiger partial charge in [0.1, 0.15) is 11.5 Å². The van der Waals surface area contributed by atoms with E-state index in [4.69, 9.17) is 5.11 Å². The van der Waals surface area contributed by atoms with Gasteiger partial charge >= 0.3 is 0 Å². The van der Waals surface area contributed by atoms with Crippen molar-refractivity contribution in [3.05, 3.63) is 75.4 Å². The molecule has 0 saturated heterocycles. The van der Waals surface area contributed by atoms with Crippen molar-refractivity contribution in [3.63, 3.8) is 0 Å². The fourth-order valence-electron chi connectivity index (χ4n) is 4.09. The van der Waals surface area contributed by atoms with Crippen LogP contribution in [0.25, 0.3) is 5.32 Å². The molecule has 2 aromatic rings. The number of hydrogen-bond donors (Lipinski definition) is 3. The monoisotopic (exact) mass is 644 g/mol. The van der Waals surface area contributed by atoms with Crippen molar-refractivity contribution in [1.29, 1.82) is 0 Å². The van der Waals surface area contributed by atoms with Gasteiger partial charge in [-0.1, -0.05) is 147 Å². The van der Waals surface area contributed by atoms with Crippen LogP contribution in [0.5, 0.6) is 11.5 Å². The largest absolute Gasteiger partial charge is 0.681 e. The Morgan fingerprint density at radius 2 is 0.732 bits per heavy atom. The van der Waals surface area contributed by atoms with Crippen LogP contribution in [0.4, 0.5) is 0 Å². The summed E-state index contributed by atoms with van der Waals surface area (Å²) < 4.78 is 0. The molecule has 0 amide bonds. The Labute approximate surface area is 272 Å². The van der Waals surface area contributed by atoms with Gasteiger partial charge in [0.15, 0.2) is 0 Å². The van der Waals surface area contributed by atoms with Crippen LogP contribution in [0.15, 0.2) is 47.9 Å². The number of aliphatic hydroxyl groups is 1. The number of allylic oxidation sites excluding steroid dienone is 2. The number of phenolic OH excluding ortho intramolecular Hbond substituents is 2. The second kappa shape index (κ2) is 15.1. The van der Waals surface area contributed by atoms with Crippen LogP contribution in [0.2, 0.25) is 0 Å². The first-order chi connectivity index (χ1) is 17.6. The molecule has 2 rings (SSSR count). The molecule has 0 spiro atoms. The molecule has 0 saturated carbocycles. The van der Waals surface area contributed by atoms with E-state index in [2.05, 4.69) is 88.4 Å². The SMILES string of the molecule is C/C(O)=C(\C)[N-]C(C)(C)C.CC(C)(C)c1cccc(C(C)(C)C)c1O.CC(C)(C)c1cccc(C(C)(C)C)c1O.[Zr]. The molecule has 0 aliphatic rings. The van der Waals surface area contributed by atoms with Gasteiger partial charge < -0.3 is 20.6 Å². The van der Waals surface area contributed by atoms with Gasteiger partial charge in [0.25, 0.3) is 0 Å². The third-order valence-corrected chi connectivity index (χ3v) is 6.33. The fraction of sp³-hybridized carbons (Fsp3) is 0.611. The normalized spacial score (nSPS) is 13.0. The maximum Gasteiger partial charge on any atom is 0.123 e. The number of aromatic hydroxyl groups is 2. The van der Waals surface area contributed by atoms with Crippen molar-refractivity contribution >= 4 is 0 Å². The minimum absolute atomic E-state index is 0. The number of para-hydroxylation sites is 2. The van der Waals surface area contributed by atoms with Crippen LogP contribution in [-0.2, 0) is 47.9 Å². The summed E-state index contributed by atoms with van der Waals surface area (Å²) in [6, 6.07) is 12.1. The van der Waals surface area contributed by atoms with Crippen LogP contribution in [0.3, 0.4) is 0 Å². The maximum absolute atomic E-state index is 10.3. The zero-order chi connectivity index (χ0) is 32.1. The zero-order valence-electron chi connectivity index (χ0n) is 29.3. The number of benzene rings is 2. The van der Waals surface area contributed by atoms with E-state index in [1.54, 1.807) is 13.8 Å². The van der Waals surface area contributed by atoms with E-state index in [0.29, 0.717) is 23.0 Å². The van der Waals surface area contributed by atoms with Crippen LogP contribution in [-0.4, -0.2) is 20.9 Å². The quantitative estimate of drug-likeness (QED) is 0.270. The van der Waals surface area contributed by atoms with E-state index in [1.165, 1.54) is 0 Å². The van der Waals surface area contributed by atoms with Gasteiger partial charge in [-0.25, -0.2) is 0 Å². The summed E-state index contributed by atoms with van der Waals surface area (Å²) in [6.45, 7) is 34.9. The van der Waals surface area contributed by atoms with E-state index >= 15 is 0 Å². The first-order valence-electron chi connectivity index (χ1n) is 14.4. The number of aliphatic hydroxyl groups excluding tert-OH is 1. The summed E-state index contributed by atoms with van der Waals surface area (Å²) in [5.41, 5.74) is 4.68. The molecule has 232 valence electrons. The summed E-state index contributed by atoms with van der Waals surface area (Å²) in [5.74, 6) is 1.21. The number of rotatable bonds is 1. The predicted molar refractivity (Wildman–Crippen MR) is 175 cm³/mol. The molecule has 0 atom stereocenters. The van der Waals surface area contributed by atoms with Crippen molar-refractivity contribution in [2.75, 3.05) is 0 Å². The molecule has 5 heteroatoms. The topological polar surface area (TPSA) is 74.8 Å². The Bertz CT molecular complexity index is 988. The molecule has 0 aromatic heterocycles. The molecule has 2 aromatic carbocycles. The zero-order valence-corrected chi connectivity index (χ0v) is 31.7. The second-order valence-corrected chi connectivity index (χ2v) is 15.9. The summed E-state index contributed by atoms with van der Waals surface area (Å²) in [5, 5.41) is 33.7. The molecule has 0 fully saturated rings. The Balaban J connectivity index is 0. The van der Waals surface area contributed by atoms with Crippen molar-refractivity contribution in [2.24, 2.45) is 0 Å². The van der Waals surface area contributed by atoms with E-state index in [0.717, 1.165) is 22.3 Å². The Kier molecular flexibility index (Phi) is 15.3. The Hall–Kier alpha value is -1.74. The molecule has 0 heterocycles. The van der Waals surface area contributed by atoms with Crippen molar-refractivity contribution in [1.82, 2.24) is 0 Å². The van der Waals surface area contributed by atoms with Gasteiger partial charge in [-0.05, 0) is 50.8 Å². The Morgan fingerprint density at radius 1 is 0.512 bits per heavy atom. The summed E-state index contributed by atoms with van der Waals surface area (Å²) >= 11 is 0. The number of hydrogen-bond acceptors (Lipinski definition) is 3. The second-order valence-electron chi connectivity index (χ2n) is 15.9. The average molecular weight is 646 g/mol. The van der Waals surface area contributed by atoms with Crippen LogP contribution >= 0.6 is 0 Å². The maximum atomic E-state index is 10.3. The van der Waals surface area contributed by atoms with Crippen LogP contribution in [0.1, 0.15) is 140 Å². The number of nitrogens with zero attached hydrogens (tertiary/aromatic N) is 1. The predicted octanol–water partition coefficient (Wildman–Crippen LogP) is 10.9. The number of phenols is 2. The van der Waals surface area contributed by atoms with Gasteiger partial charge in [0, 0.05) is 26.2 Å². The Morgan fingerprint density at radius 3 is 0.854 bits per heavy atom. The molecule has 0 aliphatic carbocycles. The van der Waals surface area contributed by atoms with Crippen molar-refractivity contribution in [3.8, 4) is 11.5 Å². The molecular formula is C36H60NO3Zr-. The summed E-state index contributed by atoms with van der Waals surface area (Å²) in [6.07, 6.45) is 0. The minimum atomic E-state index is -0.0892. The van der Waals surface area contributed by atoms with Gasteiger partial charge in [-0.3, -0.25) is 0 Å². The third-order valence-electron chi connectivity index (χ3n) is 6.33. The molecule has 4 nitrogen and oxygen atoms in total. The van der Waals surface area contributed by atoms with Gasteiger partial charge in [-0.2, -0.15) is 0 Å². The van der Waals surface area contributed by atoms with Gasteiger partial charge in [-0.15, -0.1) is 11.2 Å². The average Bonchev–Trinajstić information content (AvgIpc) is 2.70. The summed E-state index contributed by atoms with van der Waals surface area (Å²) in [4.78, 5) is 0. The molecule has 0 radical (unpaired) electrons. The van der Waals surface area contributed by atoms with Gasteiger partial charge in [0.05, 0.1) is 5.76 Å². The van der Waals surface area contributed by atoms with E-state index in [1.807, 2.05) is 57.2 Å². The molecule has 41 heavy (non-hydrogen) atoms. The smallest absolute Gasteiger partial charge is 0.123 e. The first kappa shape index (κ1) is 41.4. The molecule has 0 aliphatic heterocycles. The van der Waals surface area contributed by atoms with Gasteiger partial charge in [0.2, 0.25) is 0 Å². The van der Waals surface area contributed by atoms with E-state index < -0.39 is 0 Å². The summed E-state index contributed by atoms with van der Waals surface area (Å²) in [7, 11) is 0. The molecular weight excluding hydrogens is 586 g/mol. The first-order valence-corrected chi connectivity index (χ1v) is 14.4. The van der Waals surface area contributed by atoms with E-state index in [-0.39, 0.29) is 53.4 Å². The molecule has 0 unspecified atom stereocenters.